The molecule has 1 aromatic rings. The predicted molar refractivity (Wildman–Crippen MR) is 127 cm³/mol. The molecule has 0 saturated heterocycles. The third-order valence-electron chi connectivity index (χ3n) is 6.31. The molecule has 1 fully saturated rings. The average Bonchev–Trinajstić information content (AvgIpc) is 3.59. The highest BCUT2D eigenvalue weighted by Gasteiger charge is 2.38. The number of aliphatic hydroxyl groups is 1. The topological polar surface area (TPSA) is 87.2 Å². The number of likely N-dealkylation sites (N-methyl/N-ethyl adjacent to an activating group) is 1. The number of unbranched alkanes of at least 4 members (excludes halogenated alkanes) is 1. The van der Waals surface area contributed by atoms with E-state index in [1.165, 1.54) is 10.4 Å². The number of carbonyl (C=O) groups excluding carboxylic acids is 1. The van der Waals surface area contributed by atoms with E-state index >= 15 is 0 Å². The van der Waals surface area contributed by atoms with Gasteiger partial charge in [0.15, 0.2) is 0 Å². The number of hydrogen-bond donors (Lipinski definition) is 1. The van der Waals surface area contributed by atoms with Gasteiger partial charge in [-0.1, -0.05) is 25.7 Å². The lowest BCUT2D eigenvalue weighted by atomic mass is 10.0. The van der Waals surface area contributed by atoms with Gasteiger partial charge < -0.3 is 14.7 Å². The van der Waals surface area contributed by atoms with Gasteiger partial charge in [0.05, 0.1) is 13.2 Å². The van der Waals surface area contributed by atoms with Crippen LogP contribution in [0.3, 0.4) is 0 Å². The maximum absolute atomic E-state index is 13.5. The Morgan fingerprint density at radius 3 is 2.73 bits per heavy atom. The lowest BCUT2D eigenvalue weighted by Crippen LogP contribution is -2.50. The molecular weight excluding hydrogens is 440 g/mol. The molecule has 33 heavy (non-hydrogen) atoms. The van der Waals surface area contributed by atoms with Gasteiger partial charge in [-0.3, -0.25) is 4.79 Å². The van der Waals surface area contributed by atoms with Gasteiger partial charge in [-0.15, -0.1) is 0 Å². The van der Waals surface area contributed by atoms with Crippen LogP contribution < -0.4 is 4.74 Å². The first-order valence-electron chi connectivity index (χ1n) is 11.8. The summed E-state index contributed by atoms with van der Waals surface area (Å²) in [7, 11) is -2.11. The molecule has 0 unspecified atom stereocenters. The molecule has 8 heteroatoms. The number of hydrogen-bond acceptors (Lipinski definition) is 5. The zero-order chi connectivity index (χ0) is 24.2. The minimum absolute atomic E-state index is 0.0627. The van der Waals surface area contributed by atoms with E-state index in [1.807, 2.05) is 6.92 Å². The highest BCUT2D eigenvalue weighted by molar-refractivity contribution is 7.89. The summed E-state index contributed by atoms with van der Waals surface area (Å²) >= 11 is 0. The Morgan fingerprint density at radius 1 is 1.36 bits per heavy atom. The molecule has 1 aromatic carbocycles. The molecule has 1 saturated carbocycles. The third-order valence-corrected chi connectivity index (χ3v) is 8.33. The maximum atomic E-state index is 13.5. The number of sulfonamides is 1. The van der Waals surface area contributed by atoms with E-state index in [0.29, 0.717) is 24.4 Å². The Morgan fingerprint density at radius 2 is 2.09 bits per heavy atom. The van der Waals surface area contributed by atoms with Gasteiger partial charge in [-0.25, -0.2) is 8.42 Å². The molecule has 2 aliphatic rings. The Hall–Kier alpha value is -2.08. The smallest absolute Gasteiger partial charge is 0.247 e. The largest absolute Gasteiger partial charge is 0.487 e. The van der Waals surface area contributed by atoms with Crippen LogP contribution in [-0.4, -0.2) is 67.5 Å². The fourth-order valence-electron chi connectivity index (χ4n) is 3.91. The van der Waals surface area contributed by atoms with E-state index in [9.17, 15) is 18.3 Å². The summed E-state index contributed by atoms with van der Waals surface area (Å²) in [6, 6.07) is 4.32. The quantitative estimate of drug-likeness (QED) is 0.612. The first kappa shape index (κ1) is 25.5. The van der Waals surface area contributed by atoms with Crippen LogP contribution in [-0.2, 0) is 14.8 Å². The molecule has 0 spiro atoms. The second kappa shape index (κ2) is 10.9. The molecule has 3 atom stereocenters. The maximum Gasteiger partial charge on any atom is 0.247 e. The van der Waals surface area contributed by atoms with Crippen molar-refractivity contribution in [2.24, 2.45) is 11.8 Å². The second-order valence-electron chi connectivity index (χ2n) is 9.37. The normalized spacial score (nSPS) is 23.2. The Bertz CT molecular complexity index is 1010. The highest BCUT2D eigenvalue weighted by atomic mass is 32.2. The van der Waals surface area contributed by atoms with Crippen LogP contribution in [0.2, 0.25) is 0 Å². The molecule has 1 amide bonds. The van der Waals surface area contributed by atoms with Gasteiger partial charge in [0.2, 0.25) is 15.9 Å². The number of benzene rings is 1. The minimum atomic E-state index is -3.89. The standard InChI is InChI=1S/C25H36N2O5S/c1-5-6-7-8-20-11-12-24-22(13-20)32-23(16-26(4)25(29)14-21-9-10-21)18(2)15-27(19(3)17-28)33(24,30)31/h11-13,18-19,21,23,28H,5-6,9-10,14-17H2,1-4H3/t18-,19-,23+/m0/s1. The van der Waals surface area contributed by atoms with Gasteiger partial charge in [-0.2, -0.15) is 4.31 Å². The van der Waals surface area contributed by atoms with Crippen molar-refractivity contribution in [2.45, 2.75) is 69.9 Å². The summed E-state index contributed by atoms with van der Waals surface area (Å²) in [5.74, 6) is 6.78. The Labute approximate surface area is 198 Å². The molecule has 1 heterocycles. The fraction of sp³-hybridized carbons (Fsp3) is 0.640. The summed E-state index contributed by atoms with van der Waals surface area (Å²) in [6.07, 6.45) is 4.06. The minimum Gasteiger partial charge on any atom is -0.487 e. The second-order valence-corrected chi connectivity index (χ2v) is 11.2. The summed E-state index contributed by atoms with van der Waals surface area (Å²) in [5, 5.41) is 9.75. The van der Waals surface area contributed by atoms with Crippen LogP contribution in [0, 0.1) is 23.7 Å². The first-order chi connectivity index (χ1) is 15.7. The van der Waals surface area contributed by atoms with Gasteiger partial charge in [0.1, 0.15) is 16.7 Å². The molecule has 0 radical (unpaired) electrons. The fourth-order valence-corrected chi connectivity index (χ4v) is 5.73. The zero-order valence-electron chi connectivity index (χ0n) is 20.1. The molecule has 1 aliphatic heterocycles. The molecular formula is C25H36N2O5S. The molecule has 1 N–H and O–H groups in total. The van der Waals surface area contributed by atoms with Gasteiger partial charge in [-0.05, 0) is 50.3 Å². The molecule has 3 rings (SSSR count). The molecule has 182 valence electrons. The van der Waals surface area contributed by atoms with Crippen LogP contribution in [0.25, 0.3) is 0 Å². The van der Waals surface area contributed by atoms with Gasteiger partial charge >= 0.3 is 0 Å². The summed E-state index contributed by atoms with van der Waals surface area (Å²) in [4.78, 5) is 14.4. The van der Waals surface area contributed by atoms with E-state index in [1.54, 1.807) is 31.0 Å². The number of amides is 1. The number of fused-ring (bicyclic) bond motifs is 1. The summed E-state index contributed by atoms with van der Waals surface area (Å²) < 4.78 is 34.6. The SMILES string of the molecule is CCCC#Cc1ccc2c(c1)O[C@H](CN(C)C(=O)CC1CC1)[C@@H](C)CN([C@@H](C)CO)S2(=O)=O. The third kappa shape index (κ3) is 6.28. The number of aliphatic hydroxyl groups excluding tert-OH is 1. The monoisotopic (exact) mass is 476 g/mol. The molecule has 0 aromatic heterocycles. The summed E-state index contributed by atoms with van der Waals surface area (Å²) in [5.41, 5.74) is 0.685. The van der Waals surface area contributed by atoms with Crippen LogP contribution in [0.15, 0.2) is 23.1 Å². The molecule has 7 nitrogen and oxygen atoms in total. The van der Waals surface area contributed by atoms with E-state index in [-0.39, 0.29) is 35.6 Å². The van der Waals surface area contributed by atoms with Crippen LogP contribution in [0.5, 0.6) is 5.75 Å². The van der Waals surface area contributed by atoms with Gasteiger partial charge in [0.25, 0.3) is 0 Å². The summed E-state index contributed by atoms with van der Waals surface area (Å²) in [6.45, 7) is 5.93. The van der Waals surface area contributed by atoms with E-state index in [2.05, 4.69) is 18.8 Å². The van der Waals surface area contributed by atoms with E-state index in [0.717, 1.165) is 25.7 Å². The van der Waals surface area contributed by atoms with E-state index in [4.69, 9.17) is 4.74 Å². The lowest BCUT2D eigenvalue weighted by molar-refractivity contribution is -0.131. The van der Waals surface area contributed by atoms with Crippen LogP contribution in [0.4, 0.5) is 0 Å². The van der Waals surface area contributed by atoms with Crippen molar-refractivity contribution >= 4 is 15.9 Å². The van der Waals surface area contributed by atoms with Crippen molar-refractivity contribution in [1.82, 2.24) is 9.21 Å². The Kier molecular flexibility index (Phi) is 8.43. The number of carbonyl (C=O) groups is 1. The Balaban J connectivity index is 1.97. The van der Waals surface area contributed by atoms with Crippen LogP contribution in [0.1, 0.15) is 58.4 Å². The molecule has 1 aliphatic carbocycles. The van der Waals surface area contributed by atoms with Crippen LogP contribution >= 0.6 is 0 Å². The predicted octanol–water partition coefficient (Wildman–Crippen LogP) is 2.87. The van der Waals surface area contributed by atoms with Crippen molar-refractivity contribution in [1.29, 1.82) is 0 Å². The highest BCUT2D eigenvalue weighted by Crippen LogP contribution is 2.35. The van der Waals surface area contributed by atoms with E-state index < -0.39 is 22.2 Å². The number of rotatable bonds is 7. The van der Waals surface area contributed by atoms with Crippen molar-refractivity contribution in [3.63, 3.8) is 0 Å². The van der Waals surface area contributed by atoms with Crippen molar-refractivity contribution in [3.05, 3.63) is 23.8 Å². The van der Waals surface area contributed by atoms with Crippen molar-refractivity contribution < 1.29 is 23.1 Å². The lowest BCUT2D eigenvalue weighted by Gasteiger charge is -2.37. The van der Waals surface area contributed by atoms with Gasteiger partial charge in [0, 0.05) is 44.0 Å². The number of nitrogens with zero attached hydrogens (tertiary/aromatic N) is 2. The van der Waals surface area contributed by atoms with Crippen molar-refractivity contribution in [3.8, 4) is 17.6 Å². The number of ether oxygens (including phenoxy) is 1. The average molecular weight is 477 g/mol. The zero-order valence-corrected chi connectivity index (χ0v) is 20.9. The first-order valence-corrected chi connectivity index (χ1v) is 13.3. The molecule has 0 bridgehead atoms. The van der Waals surface area contributed by atoms with Crippen molar-refractivity contribution in [2.75, 3.05) is 26.7 Å².